The van der Waals surface area contributed by atoms with Crippen LogP contribution in [0.1, 0.15) is 25.6 Å². The van der Waals surface area contributed by atoms with Crippen molar-refractivity contribution in [1.82, 2.24) is 0 Å². The molecular weight excluding hydrogens is 316 g/mol. The third-order valence-corrected chi connectivity index (χ3v) is 9.30. The second-order valence-corrected chi connectivity index (χ2v) is 12.5. The van der Waals surface area contributed by atoms with E-state index in [1.54, 1.807) is 11.3 Å². The molecule has 1 aromatic heterocycles. The lowest BCUT2D eigenvalue weighted by Gasteiger charge is -2.36. The van der Waals surface area contributed by atoms with Crippen molar-refractivity contribution in [2.24, 2.45) is 0 Å². The zero-order valence-electron chi connectivity index (χ0n) is 14.3. The molecule has 0 aliphatic heterocycles. The maximum atomic E-state index is 11.6. The summed E-state index contributed by atoms with van der Waals surface area (Å²) in [6, 6.07) is 3.86. The topological polar surface area (TPSA) is 44.8 Å². The van der Waals surface area contributed by atoms with Gasteiger partial charge >= 0.3 is 5.97 Å². The van der Waals surface area contributed by atoms with Crippen molar-refractivity contribution in [3.05, 3.63) is 22.4 Å². The van der Waals surface area contributed by atoms with Crippen LogP contribution in [0.4, 0.5) is 0 Å². The molecule has 6 heteroatoms. The highest BCUT2D eigenvalue weighted by molar-refractivity contribution is 7.10. The van der Waals surface area contributed by atoms with E-state index in [1.807, 2.05) is 17.5 Å². The molecule has 0 aliphatic carbocycles. The van der Waals surface area contributed by atoms with Gasteiger partial charge in [0.25, 0.3) is 0 Å². The zero-order chi connectivity index (χ0) is 16.6. The maximum Gasteiger partial charge on any atom is 0.311 e. The SMILES string of the molecule is CC(C)(C)[Si](C)(C)OCCOCCOC(=O)Cc1cccs1. The van der Waals surface area contributed by atoms with Gasteiger partial charge in [0, 0.05) is 4.88 Å². The highest BCUT2D eigenvalue weighted by Gasteiger charge is 2.36. The highest BCUT2D eigenvalue weighted by atomic mass is 32.1. The lowest BCUT2D eigenvalue weighted by atomic mass is 10.2. The highest BCUT2D eigenvalue weighted by Crippen LogP contribution is 2.36. The van der Waals surface area contributed by atoms with Gasteiger partial charge in [0.1, 0.15) is 6.61 Å². The molecule has 0 radical (unpaired) electrons. The minimum Gasteiger partial charge on any atom is -0.463 e. The van der Waals surface area contributed by atoms with Crippen LogP contribution in [0.5, 0.6) is 0 Å². The summed E-state index contributed by atoms with van der Waals surface area (Å²) in [5, 5.41) is 2.17. The van der Waals surface area contributed by atoms with Crippen LogP contribution in [0.2, 0.25) is 18.1 Å². The van der Waals surface area contributed by atoms with Crippen LogP contribution in [0.15, 0.2) is 17.5 Å². The smallest absolute Gasteiger partial charge is 0.311 e. The molecule has 1 heterocycles. The second kappa shape index (κ2) is 8.81. The first kappa shape index (κ1) is 19.4. The minimum absolute atomic E-state index is 0.205. The van der Waals surface area contributed by atoms with Crippen molar-refractivity contribution in [2.75, 3.05) is 26.4 Å². The second-order valence-electron chi connectivity index (χ2n) is 6.70. The molecule has 1 rings (SSSR count). The molecule has 0 amide bonds. The molecule has 0 N–H and O–H groups in total. The van der Waals surface area contributed by atoms with Gasteiger partial charge in [-0.15, -0.1) is 11.3 Å². The lowest BCUT2D eigenvalue weighted by molar-refractivity contribution is -0.144. The summed E-state index contributed by atoms with van der Waals surface area (Å²) in [7, 11) is -1.69. The average molecular weight is 345 g/mol. The first-order valence-electron chi connectivity index (χ1n) is 7.62. The van der Waals surface area contributed by atoms with Gasteiger partial charge in [-0.3, -0.25) is 4.79 Å². The molecule has 0 fully saturated rings. The van der Waals surface area contributed by atoms with E-state index < -0.39 is 8.32 Å². The van der Waals surface area contributed by atoms with Gasteiger partial charge < -0.3 is 13.9 Å². The summed E-state index contributed by atoms with van der Waals surface area (Å²) in [6.45, 7) is 12.9. The van der Waals surface area contributed by atoms with Gasteiger partial charge in [-0.2, -0.15) is 0 Å². The van der Waals surface area contributed by atoms with Gasteiger partial charge in [0.05, 0.1) is 26.2 Å². The van der Waals surface area contributed by atoms with Gasteiger partial charge in [0.2, 0.25) is 0 Å². The molecule has 22 heavy (non-hydrogen) atoms. The van der Waals surface area contributed by atoms with Crippen molar-refractivity contribution < 1.29 is 18.7 Å². The largest absolute Gasteiger partial charge is 0.463 e. The number of esters is 1. The van der Waals surface area contributed by atoms with Crippen molar-refractivity contribution in [1.29, 1.82) is 0 Å². The number of hydrogen-bond acceptors (Lipinski definition) is 5. The third-order valence-electron chi connectivity index (χ3n) is 3.89. The normalized spacial score (nSPS) is 12.4. The van der Waals surface area contributed by atoms with E-state index >= 15 is 0 Å². The summed E-state index contributed by atoms with van der Waals surface area (Å²) in [6.07, 6.45) is 0.339. The Morgan fingerprint density at radius 2 is 1.86 bits per heavy atom. The fourth-order valence-corrected chi connectivity index (χ4v) is 3.21. The summed E-state index contributed by atoms with van der Waals surface area (Å²) < 4.78 is 16.6. The number of rotatable bonds is 9. The first-order chi connectivity index (χ1) is 10.2. The van der Waals surface area contributed by atoms with Crippen LogP contribution >= 0.6 is 11.3 Å². The number of hydrogen-bond donors (Lipinski definition) is 0. The molecule has 0 aliphatic rings. The Balaban J connectivity index is 2.03. The lowest BCUT2D eigenvalue weighted by Crippen LogP contribution is -2.41. The maximum absolute atomic E-state index is 11.6. The summed E-state index contributed by atoms with van der Waals surface area (Å²) in [5.74, 6) is -0.205. The number of carbonyl (C=O) groups is 1. The molecule has 4 nitrogen and oxygen atoms in total. The van der Waals surface area contributed by atoms with Crippen molar-refractivity contribution in [2.45, 2.75) is 45.3 Å². The monoisotopic (exact) mass is 344 g/mol. The van der Waals surface area contributed by atoms with Crippen LogP contribution in [0, 0.1) is 0 Å². The fourth-order valence-electron chi connectivity index (χ4n) is 1.50. The van der Waals surface area contributed by atoms with Gasteiger partial charge in [-0.1, -0.05) is 26.8 Å². The van der Waals surface area contributed by atoms with E-state index in [1.165, 1.54) is 0 Å². The predicted octanol–water partition coefficient (Wildman–Crippen LogP) is 3.87. The van der Waals surface area contributed by atoms with Crippen molar-refractivity contribution in [3.63, 3.8) is 0 Å². The van der Waals surface area contributed by atoms with Crippen LogP contribution < -0.4 is 0 Å². The van der Waals surface area contributed by atoms with Gasteiger partial charge in [-0.05, 0) is 29.6 Å². The number of ether oxygens (including phenoxy) is 2. The quantitative estimate of drug-likeness (QED) is 0.387. The standard InChI is InChI=1S/C16H28O4SSi/c1-16(2,3)22(4,5)20-11-9-18-8-10-19-15(17)13-14-7-6-12-21-14/h6-7,12H,8-11,13H2,1-5H3. The Morgan fingerprint density at radius 1 is 1.18 bits per heavy atom. The fraction of sp³-hybridized carbons (Fsp3) is 0.688. The predicted molar refractivity (Wildman–Crippen MR) is 93.0 cm³/mol. The summed E-state index contributed by atoms with van der Waals surface area (Å²) >= 11 is 1.56. The van der Waals surface area contributed by atoms with Gasteiger partial charge in [0.15, 0.2) is 8.32 Å². The van der Waals surface area contributed by atoms with E-state index in [0.29, 0.717) is 32.8 Å². The summed E-state index contributed by atoms with van der Waals surface area (Å²) in [4.78, 5) is 12.6. The molecular formula is C16H28O4SSi. The van der Waals surface area contributed by atoms with Crippen molar-refractivity contribution >= 4 is 25.6 Å². The molecule has 0 saturated heterocycles. The number of carbonyl (C=O) groups excluding carboxylic acids is 1. The molecule has 0 atom stereocenters. The van der Waals surface area contributed by atoms with Gasteiger partial charge in [-0.25, -0.2) is 0 Å². The minimum atomic E-state index is -1.69. The summed E-state index contributed by atoms with van der Waals surface area (Å²) in [5.41, 5.74) is 0. The van der Waals surface area contributed by atoms with Crippen molar-refractivity contribution in [3.8, 4) is 0 Å². The Morgan fingerprint density at radius 3 is 2.45 bits per heavy atom. The Bertz CT molecular complexity index is 437. The first-order valence-corrected chi connectivity index (χ1v) is 11.4. The van der Waals surface area contributed by atoms with Crippen LogP contribution in [0.25, 0.3) is 0 Å². The molecule has 0 spiro atoms. The Labute approximate surface area is 138 Å². The van der Waals surface area contributed by atoms with Crippen LogP contribution in [-0.4, -0.2) is 40.7 Å². The molecule has 0 unspecified atom stereocenters. The Hall–Kier alpha value is -0.693. The molecule has 0 aromatic carbocycles. The zero-order valence-corrected chi connectivity index (χ0v) is 16.1. The third kappa shape index (κ3) is 7.04. The molecule has 0 saturated carbocycles. The van der Waals surface area contributed by atoms with E-state index in [-0.39, 0.29) is 11.0 Å². The molecule has 0 bridgehead atoms. The van der Waals surface area contributed by atoms with E-state index in [9.17, 15) is 4.79 Å². The number of thiophene rings is 1. The molecule has 1 aromatic rings. The Kier molecular flexibility index (Phi) is 7.75. The van der Waals surface area contributed by atoms with E-state index in [4.69, 9.17) is 13.9 Å². The van der Waals surface area contributed by atoms with E-state index in [2.05, 4.69) is 33.9 Å². The molecule has 126 valence electrons. The van der Waals surface area contributed by atoms with E-state index in [0.717, 1.165) is 4.88 Å². The average Bonchev–Trinajstić information content (AvgIpc) is 2.89. The van der Waals surface area contributed by atoms with Crippen LogP contribution in [0.3, 0.4) is 0 Å². The van der Waals surface area contributed by atoms with Crippen LogP contribution in [-0.2, 0) is 25.1 Å².